The lowest BCUT2D eigenvalue weighted by Crippen LogP contribution is -2.05. The lowest BCUT2D eigenvalue weighted by atomic mass is 10.2. The Morgan fingerprint density at radius 2 is 2.06 bits per heavy atom. The molecule has 7 heteroatoms. The van der Waals surface area contributed by atoms with Gasteiger partial charge in [0, 0.05) is 17.4 Å². The Hall–Kier alpha value is -0.920. The van der Waals surface area contributed by atoms with Crippen molar-refractivity contribution in [1.29, 1.82) is 0 Å². The van der Waals surface area contributed by atoms with E-state index in [1.807, 2.05) is 0 Å². The quantitative estimate of drug-likeness (QED) is 0.456. The molecule has 0 aromatic heterocycles. The summed E-state index contributed by atoms with van der Waals surface area (Å²) in [5.41, 5.74) is 1.36. The topological polar surface area (TPSA) is 75.6 Å². The van der Waals surface area contributed by atoms with Gasteiger partial charge in [-0.25, -0.2) is 4.21 Å². The van der Waals surface area contributed by atoms with Crippen molar-refractivity contribution in [1.82, 2.24) is 0 Å². The van der Waals surface area contributed by atoms with Gasteiger partial charge in [0.05, 0.1) is 0 Å². The Labute approximate surface area is 116 Å². The van der Waals surface area contributed by atoms with Gasteiger partial charge in [-0.15, -0.1) is 0 Å². The minimum Gasteiger partial charge on any atom is -0.461 e. The average molecular weight is 336 g/mol. The molecule has 0 heterocycles. The van der Waals surface area contributed by atoms with Crippen molar-refractivity contribution < 1.29 is 18.3 Å². The third kappa shape index (κ3) is 6.13. The summed E-state index contributed by atoms with van der Waals surface area (Å²) in [5, 5.41) is 0.779. The summed E-state index contributed by atoms with van der Waals surface area (Å²) < 4.78 is 26.5. The van der Waals surface area contributed by atoms with Gasteiger partial charge >= 0.3 is 5.97 Å². The van der Waals surface area contributed by atoms with Gasteiger partial charge < -0.3 is 4.74 Å². The van der Waals surface area contributed by atoms with Crippen LogP contribution in [0.1, 0.15) is 18.4 Å². The number of benzene rings is 1. The maximum atomic E-state index is 11.3. The molecule has 0 aliphatic rings. The highest BCUT2D eigenvalue weighted by molar-refractivity contribution is 9.09. The fraction of sp³-hybridized carbons (Fsp3) is 0.364. The van der Waals surface area contributed by atoms with Crippen LogP contribution in [0.25, 0.3) is 0 Å². The van der Waals surface area contributed by atoms with E-state index in [1.165, 1.54) is 0 Å². The van der Waals surface area contributed by atoms with E-state index in [0.717, 1.165) is 17.3 Å². The number of rotatable bonds is 7. The van der Waals surface area contributed by atoms with Crippen LogP contribution >= 0.6 is 15.9 Å². The van der Waals surface area contributed by atoms with Crippen LogP contribution in [-0.4, -0.2) is 20.1 Å². The lowest BCUT2D eigenvalue weighted by Gasteiger charge is -2.06. The monoisotopic (exact) mass is 335 g/mol. The zero-order valence-electron chi connectivity index (χ0n) is 9.60. The minimum absolute atomic E-state index is 0.212. The molecule has 0 amide bonds. The van der Waals surface area contributed by atoms with Gasteiger partial charge in [0.1, 0.15) is 6.61 Å². The summed E-state index contributed by atoms with van der Waals surface area (Å²) in [5.74, 6) is -0.229. The van der Waals surface area contributed by atoms with E-state index in [-0.39, 0.29) is 12.6 Å². The number of halogens is 1. The summed E-state index contributed by atoms with van der Waals surface area (Å²) in [7, 11) is 0. The maximum absolute atomic E-state index is 11.3. The second-order valence-electron chi connectivity index (χ2n) is 3.50. The number of carbonyl (C=O) groups is 1. The van der Waals surface area contributed by atoms with Crippen molar-refractivity contribution in [3.63, 3.8) is 0 Å². The molecule has 100 valence electrons. The minimum atomic E-state index is -2.08. The molecule has 0 bridgehead atoms. The Morgan fingerprint density at radius 1 is 1.39 bits per heavy atom. The first-order chi connectivity index (χ1) is 8.61. The number of ether oxygens (including phenoxy) is 1. The van der Waals surface area contributed by atoms with Crippen LogP contribution in [0, 0.1) is 0 Å². The molecule has 0 spiro atoms. The normalized spacial score (nSPS) is 11.9. The van der Waals surface area contributed by atoms with E-state index in [2.05, 4.69) is 20.7 Å². The van der Waals surface area contributed by atoms with Gasteiger partial charge in [-0.3, -0.25) is 14.1 Å². The van der Waals surface area contributed by atoms with Gasteiger partial charge in [-0.1, -0.05) is 28.1 Å². The number of esters is 1. The van der Waals surface area contributed by atoms with E-state index in [4.69, 9.17) is 9.29 Å². The third-order valence-electron chi connectivity index (χ3n) is 2.07. The van der Waals surface area contributed by atoms with Crippen molar-refractivity contribution in [3.8, 4) is 0 Å². The van der Waals surface area contributed by atoms with Crippen LogP contribution in [0.5, 0.6) is 0 Å². The number of nitrogens with one attached hydrogen (secondary N) is 1. The first kappa shape index (κ1) is 15.1. The molecule has 1 aromatic rings. The molecule has 18 heavy (non-hydrogen) atoms. The molecule has 5 nitrogen and oxygen atoms in total. The molecule has 0 aliphatic carbocycles. The molecule has 1 rings (SSSR count). The van der Waals surface area contributed by atoms with E-state index in [9.17, 15) is 9.00 Å². The molecule has 0 saturated heterocycles. The molecule has 0 aliphatic heterocycles. The molecule has 0 saturated carbocycles. The average Bonchev–Trinajstić information content (AvgIpc) is 2.35. The number of hydrogen-bond acceptors (Lipinski definition) is 3. The zero-order valence-corrected chi connectivity index (χ0v) is 12.0. The summed E-state index contributed by atoms with van der Waals surface area (Å²) in [6.07, 6.45) is 1.15. The van der Waals surface area contributed by atoms with Crippen LogP contribution in [-0.2, 0) is 27.4 Å². The Balaban J connectivity index is 2.39. The van der Waals surface area contributed by atoms with Crippen molar-refractivity contribution in [3.05, 3.63) is 29.8 Å². The highest BCUT2D eigenvalue weighted by Gasteiger charge is 2.03. The summed E-state index contributed by atoms with van der Waals surface area (Å²) in [6.45, 7) is 0.212. The van der Waals surface area contributed by atoms with Crippen molar-refractivity contribution in [2.45, 2.75) is 19.4 Å². The van der Waals surface area contributed by atoms with Crippen molar-refractivity contribution in [2.75, 3.05) is 10.1 Å². The van der Waals surface area contributed by atoms with E-state index < -0.39 is 11.3 Å². The highest BCUT2D eigenvalue weighted by Crippen LogP contribution is 2.11. The Morgan fingerprint density at radius 3 is 2.61 bits per heavy atom. The van der Waals surface area contributed by atoms with Gasteiger partial charge in [0.25, 0.3) is 11.3 Å². The summed E-state index contributed by atoms with van der Waals surface area (Å²) >= 11 is 1.16. The predicted octanol–water partition coefficient (Wildman–Crippen LogP) is 2.45. The second kappa shape index (κ2) is 8.23. The van der Waals surface area contributed by atoms with Gasteiger partial charge in [-0.05, 0) is 24.1 Å². The second-order valence-corrected chi connectivity index (χ2v) is 5.00. The van der Waals surface area contributed by atoms with Gasteiger partial charge in [0.2, 0.25) is 0 Å². The first-order valence-electron chi connectivity index (χ1n) is 5.30. The first-order valence-corrected chi connectivity index (χ1v) is 7.52. The van der Waals surface area contributed by atoms with Crippen LogP contribution in [0.2, 0.25) is 0 Å². The van der Waals surface area contributed by atoms with Crippen LogP contribution in [0.15, 0.2) is 24.3 Å². The van der Waals surface area contributed by atoms with Crippen molar-refractivity contribution in [2.24, 2.45) is 0 Å². The van der Waals surface area contributed by atoms with E-state index in [0.29, 0.717) is 12.1 Å². The van der Waals surface area contributed by atoms with E-state index in [1.54, 1.807) is 24.3 Å². The third-order valence-corrected chi connectivity index (χ3v) is 3.04. The molecule has 1 aromatic carbocycles. The van der Waals surface area contributed by atoms with Crippen molar-refractivity contribution >= 4 is 38.9 Å². The molecule has 1 atom stereocenters. The molecule has 2 N–H and O–H groups in total. The van der Waals surface area contributed by atoms with Crippen LogP contribution < -0.4 is 4.72 Å². The number of anilines is 1. The zero-order chi connectivity index (χ0) is 13.4. The predicted molar refractivity (Wildman–Crippen MR) is 73.7 cm³/mol. The maximum Gasteiger partial charge on any atom is 0.306 e. The van der Waals surface area contributed by atoms with Crippen LogP contribution in [0.4, 0.5) is 5.69 Å². The number of carbonyl (C=O) groups excluding carboxylic acids is 1. The largest absolute Gasteiger partial charge is 0.461 e. The summed E-state index contributed by atoms with van der Waals surface area (Å²) in [6, 6.07) is 6.76. The van der Waals surface area contributed by atoms with E-state index >= 15 is 0 Å². The molecular formula is C11H14BrNO4S. The van der Waals surface area contributed by atoms with Crippen LogP contribution in [0.3, 0.4) is 0 Å². The van der Waals surface area contributed by atoms with Gasteiger partial charge in [-0.2, -0.15) is 0 Å². The van der Waals surface area contributed by atoms with Gasteiger partial charge in [0.15, 0.2) is 0 Å². The fourth-order valence-electron chi connectivity index (χ4n) is 1.22. The Kier molecular flexibility index (Phi) is 6.92. The number of hydrogen-bond donors (Lipinski definition) is 2. The molecule has 0 fully saturated rings. The fourth-order valence-corrected chi connectivity index (χ4v) is 1.84. The highest BCUT2D eigenvalue weighted by atomic mass is 79.9. The smallest absolute Gasteiger partial charge is 0.306 e. The molecular weight excluding hydrogens is 322 g/mol. The number of alkyl halides is 1. The molecule has 1 unspecified atom stereocenters. The Bertz CT molecular complexity index is 410. The molecule has 0 radical (unpaired) electrons. The lowest BCUT2D eigenvalue weighted by molar-refractivity contribution is -0.144. The SMILES string of the molecule is O=C(CCCBr)OCc1ccc(NS(=O)O)cc1. The standard InChI is InChI=1S/C11H14BrNO4S/c12-7-1-2-11(14)17-8-9-3-5-10(6-4-9)13-18(15)16/h3-6,13H,1-2,7-8H2,(H,15,16). The summed E-state index contributed by atoms with van der Waals surface area (Å²) in [4.78, 5) is 11.3.